The molecule has 3 heteroatoms. The van der Waals surface area contributed by atoms with E-state index in [9.17, 15) is 5.11 Å². The number of hydrogen-bond donors (Lipinski definition) is 1. The number of likely N-dealkylation sites (tertiary alicyclic amines) is 1. The average molecular weight is 302 g/mol. The minimum absolute atomic E-state index is 0.406. The molecule has 0 aromatic heterocycles. The van der Waals surface area contributed by atoms with Crippen molar-refractivity contribution < 1.29 is 5.11 Å². The van der Waals surface area contributed by atoms with Gasteiger partial charge < -0.3 is 5.11 Å². The van der Waals surface area contributed by atoms with Gasteiger partial charge >= 0.3 is 0 Å². The SMILES string of the molecule is O[C@H](CN1CCC[C@H]1c1ccccc1)c1ccccc1Cl. The van der Waals surface area contributed by atoms with Crippen LogP contribution in [0.1, 0.15) is 36.1 Å². The van der Waals surface area contributed by atoms with Crippen molar-refractivity contribution in [2.24, 2.45) is 0 Å². The molecule has 0 aliphatic carbocycles. The fraction of sp³-hybridized carbons (Fsp3) is 0.333. The predicted molar refractivity (Wildman–Crippen MR) is 86.4 cm³/mol. The summed E-state index contributed by atoms with van der Waals surface area (Å²) in [7, 11) is 0. The van der Waals surface area contributed by atoms with E-state index in [4.69, 9.17) is 11.6 Å². The highest BCUT2D eigenvalue weighted by molar-refractivity contribution is 6.31. The molecule has 2 aromatic carbocycles. The summed E-state index contributed by atoms with van der Waals surface area (Å²) in [5.74, 6) is 0. The number of rotatable bonds is 4. The minimum atomic E-state index is -0.539. The molecule has 0 saturated carbocycles. The lowest BCUT2D eigenvalue weighted by Crippen LogP contribution is -2.28. The van der Waals surface area contributed by atoms with Crippen molar-refractivity contribution in [1.29, 1.82) is 0 Å². The largest absolute Gasteiger partial charge is 0.387 e. The Kier molecular flexibility index (Phi) is 4.59. The summed E-state index contributed by atoms with van der Waals surface area (Å²) in [6.45, 7) is 1.66. The van der Waals surface area contributed by atoms with Crippen molar-refractivity contribution in [2.75, 3.05) is 13.1 Å². The predicted octanol–water partition coefficient (Wildman–Crippen LogP) is 4.21. The molecule has 21 heavy (non-hydrogen) atoms. The molecule has 1 heterocycles. The Hall–Kier alpha value is -1.35. The molecular formula is C18H20ClNO. The van der Waals surface area contributed by atoms with E-state index in [1.54, 1.807) is 0 Å². The molecule has 0 radical (unpaired) electrons. The Balaban J connectivity index is 1.73. The molecule has 1 aliphatic heterocycles. The number of hydrogen-bond acceptors (Lipinski definition) is 2. The molecule has 110 valence electrons. The van der Waals surface area contributed by atoms with Gasteiger partial charge in [0.15, 0.2) is 0 Å². The van der Waals surface area contributed by atoms with E-state index in [0.717, 1.165) is 18.5 Å². The van der Waals surface area contributed by atoms with Crippen LogP contribution >= 0.6 is 11.6 Å². The maximum Gasteiger partial charge on any atom is 0.0931 e. The van der Waals surface area contributed by atoms with Crippen molar-refractivity contribution in [1.82, 2.24) is 4.90 Å². The molecule has 1 N–H and O–H groups in total. The van der Waals surface area contributed by atoms with Crippen molar-refractivity contribution in [3.05, 3.63) is 70.7 Å². The van der Waals surface area contributed by atoms with Crippen molar-refractivity contribution in [3.63, 3.8) is 0 Å². The molecule has 1 fully saturated rings. The highest BCUT2D eigenvalue weighted by atomic mass is 35.5. The Bertz CT molecular complexity index is 587. The van der Waals surface area contributed by atoms with Gasteiger partial charge in [0, 0.05) is 23.2 Å². The fourth-order valence-electron chi connectivity index (χ4n) is 3.16. The Morgan fingerprint density at radius 3 is 2.57 bits per heavy atom. The van der Waals surface area contributed by atoms with Crippen LogP contribution in [0.25, 0.3) is 0 Å². The zero-order valence-electron chi connectivity index (χ0n) is 12.0. The van der Waals surface area contributed by atoms with Crippen LogP contribution in [-0.4, -0.2) is 23.1 Å². The fourth-order valence-corrected chi connectivity index (χ4v) is 3.42. The average Bonchev–Trinajstić information content (AvgIpc) is 2.96. The second-order valence-electron chi connectivity index (χ2n) is 5.60. The summed E-state index contributed by atoms with van der Waals surface area (Å²) >= 11 is 6.18. The van der Waals surface area contributed by atoms with Crippen LogP contribution in [0, 0.1) is 0 Å². The van der Waals surface area contributed by atoms with Crippen LogP contribution in [0.2, 0.25) is 5.02 Å². The van der Waals surface area contributed by atoms with Gasteiger partial charge in [-0.25, -0.2) is 0 Å². The van der Waals surface area contributed by atoms with Crippen LogP contribution in [-0.2, 0) is 0 Å². The number of nitrogens with zero attached hydrogens (tertiary/aromatic N) is 1. The summed E-state index contributed by atoms with van der Waals surface area (Å²) in [5.41, 5.74) is 2.15. The molecule has 3 rings (SSSR count). The van der Waals surface area contributed by atoms with Crippen LogP contribution in [0.5, 0.6) is 0 Å². The Morgan fingerprint density at radius 1 is 1.10 bits per heavy atom. The third kappa shape index (κ3) is 3.29. The molecule has 0 bridgehead atoms. The second-order valence-corrected chi connectivity index (χ2v) is 6.01. The first-order valence-electron chi connectivity index (χ1n) is 7.47. The van der Waals surface area contributed by atoms with E-state index in [1.165, 1.54) is 12.0 Å². The monoisotopic (exact) mass is 301 g/mol. The van der Waals surface area contributed by atoms with Crippen molar-refractivity contribution in [3.8, 4) is 0 Å². The van der Waals surface area contributed by atoms with E-state index in [0.29, 0.717) is 17.6 Å². The van der Waals surface area contributed by atoms with Crippen LogP contribution in [0.3, 0.4) is 0 Å². The topological polar surface area (TPSA) is 23.5 Å². The maximum absolute atomic E-state index is 10.5. The summed E-state index contributed by atoms with van der Waals surface area (Å²) in [6.07, 6.45) is 1.79. The van der Waals surface area contributed by atoms with Crippen molar-refractivity contribution in [2.45, 2.75) is 25.0 Å². The highest BCUT2D eigenvalue weighted by Crippen LogP contribution is 2.34. The van der Waals surface area contributed by atoms with Gasteiger partial charge in [-0.05, 0) is 31.0 Å². The number of halogens is 1. The van der Waals surface area contributed by atoms with E-state index in [2.05, 4.69) is 29.2 Å². The van der Waals surface area contributed by atoms with E-state index < -0.39 is 6.10 Å². The van der Waals surface area contributed by atoms with Crippen LogP contribution in [0.15, 0.2) is 54.6 Å². The first kappa shape index (κ1) is 14.6. The summed E-state index contributed by atoms with van der Waals surface area (Å²) < 4.78 is 0. The number of aliphatic hydroxyl groups is 1. The van der Waals surface area contributed by atoms with Crippen molar-refractivity contribution >= 4 is 11.6 Å². The van der Waals surface area contributed by atoms with Gasteiger partial charge in [0.1, 0.15) is 0 Å². The van der Waals surface area contributed by atoms with Gasteiger partial charge in [-0.1, -0.05) is 60.1 Å². The van der Waals surface area contributed by atoms with E-state index in [1.807, 2.05) is 30.3 Å². The number of aliphatic hydroxyl groups excluding tert-OH is 1. The quantitative estimate of drug-likeness (QED) is 0.914. The maximum atomic E-state index is 10.5. The zero-order chi connectivity index (χ0) is 14.7. The molecule has 0 spiro atoms. The summed E-state index contributed by atoms with van der Waals surface area (Å²) in [4.78, 5) is 2.36. The normalized spacial score (nSPS) is 20.6. The summed E-state index contributed by atoms with van der Waals surface area (Å²) in [5, 5.41) is 11.1. The molecule has 2 aromatic rings. The first-order chi connectivity index (χ1) is 10.3. The van der Waals surface area contributed by atoms with Crippen LogP contribution < -0.4 is 0 Å². The third-order valence-corrected chi connectivity index (χ3v) is 4.56. The Labute approximate surface area is 131 Å². The van der Waals surface area contributed by atoms with Gasteiger partial charge in [0.05, 0.1) is 6.10 Å². The third-order valence-electron chi connectivity index (χ3n) is 4.22. The standard InChI is InChI=1S/C18H20ClNO/c19-16-10-5-4-9-15(16)18(21)13-20-12-6-11-17(20)14-7-2-1-3-8-14/h1-5,7-10,17-18,21H,6,11-13H2/t17-,18+/m0/s1. The van der Waals surface area contributed by atoms with Gasteiger partial charge in [-0.2, -0.15) is 0 Å². The lowest BCUT2D eigenvalue weighted by atomic mass is 10.0. The minimum Gasteiger partial charge on any atom is -0.387 e. The first-order valence-corrected chi connectivity index (χ1v) is 7.85. The zero-order valence-corrected chi connectivity index (χ0v) is 12.7. The van der Waals surface area contributed by atoms with E-state index in [-0.39, 0.29) is 0 Å². The molecular weight excluding hydrogens is 282 g/mol. The highest BCUT2D eigenvalue weighted by Gasteiger charge is 2.28. The van der Waals surface area contributed by atoms with E-state index >= 15 is 0 Å². The second kappa shape index (κ2) is 6.61. The summed E-state index contributed by atoms with van der Waals surface area (Å²) in [6, 6.07) is 18.5. The molecule has 1 saturated heterocycles. The number of benzene rings is 2. The Morgan fingerprint density at radius 2 is 1.81 bits per heavy atom. The van der Waals surface area contributed by atoms with Gasteiger partial charge in [0.25, 0.3) is 0 Å². The molecule has 1 aliphatic rings. The smallest absolute Gasteiger partial charge is 0.0931 e. The molecule has 2 atom stereocenters. The van der Waals surface area contributed by atoms with Crippen LogP contribution in [0.4, 0.5) is 0 Å². The molecule has 2 nitrogen and oxygen atoms in total. The lowest BCUT2D eigenvalue weighted by Gasteiger charge is -2.27. The van der Waals surface area contributed by atoms with Gasteiger partial charge in [0.2, 0.25) is 0 Å². The molecule has 0 amide bonds. The van der Waals surface area contributed by atoms with Gasteiger partial charge in [-0.3, -0.25) is 4.90 Å². The van der Waals surface area contributed by atoms with Gasteiger partial charge in [-0.15, -0.1) is 0 Å². The lowest BCUT2D eigenvalue weighted by molar-refractivity contribution is 0.106. The molecule has 0 unspecified atom stereocenters. The number of β-amino-alcohol motifs (C(OH)–C–C–N with tert-alkyl or cyclic N) is 1.